The van der Waals surface area contributed by atoms with Gasteiger partial charge in [0.1, 0.15) is 0 Å². The van der Waals surface area contributed by atoms with Crippen molar-refractivity contribution in [2.75, 3.05) is 0 Å². The number of rotatable bonds is 6. The topological polar surface area (TPSA) is 17.8 Å². The molecule has 0 amide bonds. The Kier molecular flexibility index (Phi) is 7.57. The largest absolute Gasteiger partial charge is 0.339 e. The second-order valence-corrected chi connectivity index (χ2v) is 8.11. The summed E-state index contributed by atoms with van der Waals surface area (Å²) >= 11 is 0. The Morgan fingerprint density at radius 1 is 0.735 bits per heavy atom. The Balaban J connectivity index is 0.00000274. The molecule has 0 spiro atoms. The summed E-state index contributed by atoms with van der Waals surface area (Å²) in [5, 5.41) is 0. The number of nitrogens with zero attached hydrogens (tertiary/aromatic N) is 2. The summed E-state index contributed by atoms with van der Waals surface area (Å²) in [6.45, 7) is 4.50. The SMILES string of the molecule is CCc1c(-c2ccccc2)cc(-c2ccccc2)c(CC)c1-n1ccnc1-c1[c-]cccc1.[Ir]. The van der Waals surface area contributed by atoms with Gasteiger partial charge in [-0.15, -0.1) is 35.9 Å². The van der Waals surface area contributed by atoms with Gasteiger partial charge in [0.05, 0.1) is 5.82 Å². The summed E-state index contributed by atoms with van der Waals surface area (Å²) in [6, 6.07) is 35.3. The predicted octanol–water partition coefficient (Wildman–Crippen LogP) is 7.80. The van der Waals surface area contributed by atoms with Crippen molar-refractivity contribution in [2.45, 2.75) is 26.7 Å². The van der Waals surface area contributed by atoms with E-state index >= 15 is 0 Å². The number of benzene rings is 4. The van der Waals surface area contributed by atoms with Gasteiger partial charge < -0.3 is 4.57 Å². The van der Waals surface area contributed by atoms with Gasteiger partial charge in [-0.1, -0.05) is 74.5 Å². The summed E-state index contributed by atoms with van der Waals surface area (Å²) in [7, 11) is 0. The zero-order valence-corrected chi connectivity index (χ0v) is 21.9. The van der Waals surface area contributed by atoms with Crippen LogP contribution in [0.3, 0.4) is 0 Å². The molecule has 0 aliphatic carbocycles. The zero-order chi connectivity index (χ0) is 22.6. The van der Waals surface area contributed by atoms with Crippen molar-refractivity contribution < 1.29 is 20.1 Å². The van der Waals surface area contributed by atoms with E-state index in [9.17, 15) is 0 Å². The first kappa shape index (κ1) is 23.9. The van der Waals surface area contributed by atoms with Gasteiger partial charge in [0.2, 0.25) is 0 Å². The van der Waals surface area contributed by atoms with E-state index in [1.54, 1.807) is 0 Å². The maximum absolute atomic E-state index is 4.75. The van der Waals surface area contributed by atoms with Gasteiger partial charge in [0, 0.05) is 38.2 Å². The average molecular weight is 620 g/mol. The summed E-state index contributed by atoms with van der Waals surface area (Å²) in [4.78, 5) is 4.75. The predicted molar refractivity (Wildman–Crippen MR) is 137 cm³/mol. The van der Waals surface area contributed by atoms with Crippen LogP contribution in [0, 0.1) is 6.07 Å². The van der Waals surface area contributed by atoms with E-state index in [1.165, 1.54) is 39.1 Å². The van der Waals surface area contributed by atoms with Crippen LogP contribution in [-0.2, 0) is 32.9 Å². The van der Waals surface area contributed by atoms with Crippen LogP contribution >= 0.6 is 0 Å². The van der Waals surface area contributed by atoms with Gasteiger partial charge >= 0.3 is 0 Å². The van der Waals surface area contributed by atoms with E-state index in [2.05, 4.69) is 103 Å². The first-order chi connectivity index (χ1) is 16.3. The molecule has 0 atom stereocenters. The van der Waals surface area contributed by atoms with Crippen molar-refractivity contribution >= 4 is 0 Å². The second-order valence-electron chi connectivity index (χ2n) is 8.11. The molecule has 5 aromatic rings. The molecule has 0 aliphatic heterocycles. The minimum atomic E-state index is 0. The zero-order valence-electron chi connectivity index (χ0n) is 19.5. The molecule has 0 N–H and O–H groups in total. The van der Waals surface area contributed by atoms with Crippen molar-refractivity contribution in [3.8, 4) is 39.3 Å². The monoisotopic (exact) mass is 620 g/mol. The maximum Gasteiger partial charge on any atom is 0.0602 e. The molecule has 1 heterocycles. The smallest absolute Gasteiger partial charge is 0.0602 e. The molecule has 0 saturated carbocycles. The van der Waals surface area contributed by atoms with Crippen LogP contribution in [0.25, 0.3) is 39.3 Å². The van der Waals surface area contributed by atoms with Gasteiger partial charge in [0.25, 0.3) is 0 Å². The number of aromatic nitrogens is 2. The van der Waals surface area contributed by atoms with Crippen molar-refractivity contribution in [1.29, 1.82) is 0 Å². The van der Waals surface area contributed by atoms with E-state index in [-0.39, 0.29) is 20.1 Å². The van der Waals surface area contributed by atoms with Crippen LogP contribution in [0.15, 0.2) is 103 Å². The number of imidazole rings is 1. The Morgan fingerprint density at radius 3 is 1.79 bits per heavy atom. The van der Waals surface area contributed by atoms with Crippen LogP contribution in [0.2, 0.25) is 0 Å². The maximum atomic E-state index is 4.75. The molecule has 5 rings (SSSR count). The molecule has 1 aromatic heterocycles. The van der Waals surface area contributed by atoms with E-state index in [0.717, 1.165) is 24.2 Å². The average Bonchev–Trinajstić information content (AvgIpc) is 3.38. The minimum absolute atomic E-state index is 0. The molecule has 171 valence electrons. The van der Waals surface area contributed by atoms with Gasteiger partial charge in [-0.2, -0.15) is 0 Å². The third-order valence-corrected chi connectivity index (χ3v) is 6.22. The van der Waals surface area contributed by atoms with Crippen molar-refractivity contribution in [1.82, 2.24) is 9.55 Å². The first-order valence-electron chi connectivity index (χ1n) is 11.6. The van der Waals surface area contributed by atoms with Gasteiger partial charge in [-0.3, -0.25) is 4.98 Å². The van der Waals surface area contributed by atoms with Crippen molar-refractivity contribution in [2.24, 2.45) is 0 Å². The summed E-state index contributed by atoms with van der Waals surface area (Å²) in [5.41, 5.74) is 9.96. The second kappa shape index (κ2) is 10.8. The third kappa shape index (κ3) is 4.42. The molecule has 0 bridgehead atoms. The van der Waals surface area contributed by atoms with Crippen LogP contribution < -0.4 is 0 Å². The van der Waals surface area contributed by atoms with Gasteiger partial charge in [-0.05, 0) is 52.3 Å². The summed E-state index contributed by atoms with van der Waals surface area (Å²) < 4.78 is 2.27. The molecule has 0 saturated heterocycles. The Labute approximate surface area is 215 Å². The number of hydrogen-bond donors (Lipinski definition) is 0. The molecular formula is C31H27IrN2-. The van der Waals surface area contributed by atoms with Crippen molar-refractivity contribution in [3.05, 3.63) is 121 Å². The van der Waals surface area contributed by atoms with Crippen LogP contribution in [-0.4, -0.2) is 9.55 Å². The van der Waals surface area contributed by atoms with E-state index in [0.29, 0.717) is 0 Å². The Hall–Kier alpha value is -3.26. The fourth-order valence-corrected chi connectivity index (χ4v) is 4.73. The van der Waals surface area contributed by atoms with Crippen LogP contribution in [0.1, 0.15) is 25.0 Å². The fourth-order valence-electron chi connectivity index (χ4n) is 4.73. The molecule has 0 unspecified atom stereocenters. The molecule has 4 aromatic carbocycles. The van der Waals surface area contributed by atoms with Crippen LogP contribution in [0.5, 0.6) is 0 Å². The van der Waals surface area contributed by atoms with E-state index in [1.807, 2.05) is 24.4 Å². The molecule has 1 radical (unpaired) electrons. The first-order valence-corrected chi connectivity index (χ1v) is 11.6. The standard InChI is InChI=1S/C31H27N2.Ir/c1-3-26-28(23-14-8-5-9-15-23)22-29(24-16-10-6-11-17-24)27(4-2)30(26)33-21-20-32-31(33)25-18-12-7-13-19-25;/h5-18,20-22H,3-4H2,1-2H3;/q-1;. The summed E-state index contributed by atoms with van der Waals surface area (Å²) in [5.74, 6) is 0.921. The summed E-state index contributed by atoms with van der Waals surface area (Å²) in [6.07, 6.45) is 5.84. The quantitative estimate of drug-likeness (QED) is 0.178. The molecule has 0 aliphatic rings. The van der Waals surface area contributed by atoms with Gasteiger partial charge in [-0.25, -0.2) is 0 Å². The Bertz CT molecular complexity index is 1290. The number of hydrogen-bond acceptors (Lipinski definition) is 1. The van der Waals surface area contributed by atoms with Crippen molar-refractivity contribution in [3.63, 3.8) is 0 Å². The molecule has 2 nitrogen and oxygen atoms in total. The van der Waals surface area contributed by atoms with Gasteiger partial charge in [0.15, 0.2) is 0 Å². The molecule has 3 heteroatoms. The van der Waals surface area contributed by atoms with Crippen LogP contribution in [0.4, 0.5) is 0 Å². The van der Waals surface area contributed by atoms with E-state index in [4.69, 9.17) is 4.98 Å². The molecule has 34 heavy (non-hydrogen) atoms. The molecule has 0 fully saturated rings. The molecular weight excluding hydrogens is 593 g/mol. The third-order valence-electron chi connectivity index (χ3n) is 6.22. The fraction of sp³-hybridized carbons (Fsp3) is 0.129. The minimum Gasteiger partial charge on any atom is -0.339 e. The van der Waals surface area contributed by atoms with E-state index < -0.39 is 0 Å². The Morgan fingerprint density at radius 2 is 1.29 bits per heavy atom. The normalized spacial score (nSPS) is 10.6.